The number of rotatable bonds is 4. The Morgan fingerprint density at radius 3 is 2.36 bits per heavy atom. The van der Waals surface area contributed by atoms with E-state index in [9.17, 15) is 8.78 Å². The topological polar surface area (TPSA) is 29.6 Å². The van der Waals surface area contributed by atoms with E-state index in [1.807, 2.05) is 42.6 Å². The molecule has 0 amide bonds. The lowest BCUT2D eigenvalue weighted by atomic mass is 10.1. The van der Waals surface area contributed by atoms with Gasteiger partial charge in [-0.3, -0.25) is 4.99 Å². The van der Waals surface area contributed by atoms with Crippen molar-refractivity contribution in [3.05, 3.63) is 75.9 Å². The Labute approximate surface area is 148 Å². The largest absolute Gasteiger partial charge is 0.258 e. The van der Waals surface area contributed by atoms with E-state index >= 15 is 0 Å². The van der Waals surface area contributed by atoms with Crippen molar-refractivity contribution in [3.8, 4) is 11.3 Å². The van der Waals surface area contributed by atoms with Crippen molar-refractivity contribution in [2.45, 2.75) is 13.8 Å². The summed E-state index contributed by atoms with van der Waals surface area (Å²) >= 11 is 1.44. The van der Waals surface area contributed by atoms with E-state index in [4.69, 9.17) is 0 Å². The Balaban J connectivity index is 2.19. The van der Waals surface area contributed by atoms with Crippen LogP contribution in [0.5, 0.6) is 0 Å². The third kappa shape index (κ3) is 3.58. The fourth-order valence-corrected chi connectivity index (χ4v) is 3.39. The fourth-order valence-electron chi connectivity index (χ4n) is 2.49. The molecule has 0 N–H and O–H groups in total. The Kier molecular flexibility index (Phi) is 5.19. The van der Waals surface area contributed by atoms with E-state index in [0.717, 1.165) is 11.3 Å². The molecule has 2 aromatic carbocycles. The first-order chi connectivity index (χ1) is 12.1. The number of aromatic nitrogens is 1. The van der Waals surface area contributed by atoms with Crippen LogP contribution in [0.3, 0.4) is 0 Å². The van der Waals surface area contributed by atoms with Gasteiger partial charge in [-0.1, -0.05) is 36.4 Å². The molecule has 0 atom stereocenters. The molecule has 25 heavy (non-hydrogen) atoms. The molecule has 3 aromatic rings. The maximum atomic E-state index is 14.1. The third-order valence-electron chi connectivity index (χ3n) is 3.62. The summed E-state index contributed by atoms with van der Waals surface area (Å²) in [7, 11) is 0. The summed E-state index contributed by atoms with van der Waals surface area (Å²) < 4.78 is 29.7. The summed E-state index contributed by atoms with van der Waals surface area (Å²) in [4.78, 5) is 5.11. The minimum absolute atomic E-state index is 0.123. The molecule has 0 fully saturated rings. The van der Waals surface area contributed by atoms with Crippen molar-refractivity contribution < 1.29 is 8.78 Å². The number of thiazole rings is 1. The molecule has 3 rings (SSSR count). The van der Waals surface area contributed by atoms with Crippen LogP contribution in [-0.4, -0.2) is 16.9 Å². The van der Waals surface area contributed by atoms with Gasteiger partial charge in [0.1, 0.15) is 11.6 Å². The highest BCUT2D eigenvalue weighted by atomic mass is 32.1. The Morgan fingerprint density at radius 2 is 1.72 bits per heavy atom. The van der Waals surface area contributed by atoms with Crippen molar-refractivity contribution in [2.24, 2.45) is 10.1 Å². The second-order valence-electron chi connectivity index (χ2n) is 5.34. The molecule has 0 radical (unpaired) electrons. The first kappa shape index (κ1) is 17.2. The molecule has 1 heterocycles. The van der Waals surface area contributed by atoms with E-state index in [1.54, 1.807) is 11.6 Å². The predicted molar refractivity (Wildman–Crippen MR) is 97.8 cm³/mol. The summed E-state index contributed by atoms with van der Waals surface area (Å²) in [5.41, 5.74) is 1.92. The molecule has 0 aliphatic rings. The van der Waals surface area contributed by atoms with Crippen LogP contribution in [0.15, 0.2) is 64.0 Å². The Bertz CT molecular complexity index is 952. The van der Waals surface area contributed by atoms with Gasteiger partial charge in [0, 0.05) is 17.5 Å². The van der Waals surface area contributed by atoms with Gasteiger partial charge in [-0.25, -0.2) is 13.5 Å². The van der Waals surface area contributed by atoms with E-state index in [1.165, 1.54) is 29.5 Å². The second-order valence-corrected chi connectivity index (χ2v) is 6.17. The normalized spacial score (nSPS) is 12.6. The molecule has 0 saturated heterocycles. The fraction of sp³-hybridized carbons (Fsp3) is 0.158. The lowest BCUT2D eigenvalue weighted by Gasteiger charge is -2.07. The minimum atomic E-state index is -0.632. The molecule has 0 saturated carbocycles. The highest BCUT2D eigenvalue weighted by molar-refractivity contribution is 7.07. The average Bonchev–Trinajstić information content (AvgIpc) is 2.98. The van der Waals surface area contributed by atoms with Crippen molar-refractivity contribution in [1.82, 2.24) is 4.68 Å². The highest BCUT2D eigenvalue weighted by Gasteiger charge is 2.13. The Hall–Kier alpha value is -2.60. The SMILES string of the molecule is CCN=c1scc(-c2ccccc2)n1N=C(C)c1c(F)cccc1F. The van der Waals surface area contributed by atoms with E-state index in [2.05, 4.69) is 10.1 Å². The van der Waals surface area contributed by atoms with Crippen LogP contribution < -0.4 is 4.80 Å². The van der Waals surface area contributed by atoms with Gasteiger partial charge in [-0.15, -0.1) is 11.3 Å². The number of benzene rings is 2. The molecule has 3 nitrogen and oxygen atoms in total. The molecule has 0 aliphatic carbocycles. The maximum Gasteiger partial charge on any atom is 0.206 e. The van der Waals surface area contributed by atoms with Crippen LogP contribution in [0.1, 0.15) is 19.4 Å². The van der Waals surface area contributed by atoms with E-state index in [-0.39, 0.29) is 11.3 Å². The van der Waals surface area contributed by atoms with Crippen LogP contribution in [0.25, 0.3) is 11.3 Å². The standard InChI is InChI=1S/C19H17F2N3S/c1-3-22-19-24(17(12-25-19)14-8-5-4-6-9-14)23-13(2)18-15(20)10-7-11-16(18)21/h4-12H,3H2,1-2H3. The van der Waals surface area contributed by atoms with Gasteiger partial charge in [0.2, 0.25) is 4.80 Å². The molecular weight excluding hydrogens is 340 g/mol. The summed E-state index contributed by atoms with van der Waals surface area (Å²) in [5.74, 6) is -1.26. The van der Waals surface area contributed by atoms with Crippen LogP contribution in [0.4, 0.5) is 8.78 Å². The Morgan fingerprint density at radius 1 is 1.04 bits per heavy atom. The summed E-state index contributed by atoms with van der Waals surface area (Å²) in [6.07, 6.45) is 0. The van der Waals surface area contributed by atoms with E-state index in [0.29, 0.717) is 11.3 Å². The van der Waals surface area contributed by atoms with Crippen LogP contribution in [-0.2, 0) is 0 Å². The van der Waals surface area contributed by atoms with Gasteiger partial charge in [0.25, 0.3) is 0 Å². The van der Waals surface area contributed by atoms with Crippen molar-refractivity contribution >= 4 is 17.0 Å². The van der Waals surface area contributed by atoms with Crippen molar-refractivity contribution in [1.29, 1.82) is 0 Å². The average molecular weight is 357 g/mol. The molecule has 0 aliphatic heterocycles. The molecule has 0 unspecified atom stereocenters. The van der Waals surface area contributed by atoms with Gasteiger partial charge in [-0.05, 0) is 26.0 Å². The molecule has 6 heteroatoms. The summed E-state index contributed by atoms with van der Waals surface area (Å²) in [6.45, 7) is 4.12. The second kappa shape index (κ2) is 7.53. The monoisotopic (exact) mass is 357 g/mol. The first-order valence-corrected chi connectivity index (χ1v) is 8.76. The first-order valence-electron chi connectivity index (χ1n) is 7.88. The zero-order chi connectivity index (χ0) is 17.8. The van der Waals surface area contributed by atoms with Gasteiger partial charge < -0.3 is 0 Å². The van der Waals surface area contributed by atoms with Gasteiger partial charge >= 0.3 is 0 Å². The number of hydrogen-bond acceptors (Lipinski definition) is 3. The highest BCUT2D eigenvalue weighted by Crippen LogP contribution is 2.21. The van der Waals surface area contributed by atoms with Crippen LogP contribution >= 0.6 is 11.3 Å². The number of halogens is 2. The lowest BCUT2D eigenvalue weighted by molar-refractivity contribution is 0.578. The molecule has 0 bridgehead atoms. The third-order valence-corrected chi connectivity index (χ3v) is 4.48. The zero-order valence-electron chi connectivity index (χ0n) is 13.9. The minimum Gasteiger partial charge on any atom is -0.258 e. The molecule has 128 valence electrons. The molecule has 0 spiro atoms. The van der Waals surface area contributed by atoms with Gasteiger partial charge in [-0.2, -0.15) is 5.10 Å². The van der Waals surface area contributed by atoms with E-state index < -0.39 is 11.6 Å². The van der Waals surface area contributed by atoms with Gasteiger partial charge in [0.15, 0.2) is 0 Å². The molecular formula is C19H17F2N3S. The predicted octanol–water partition coefficient (Wildman–Crippen LogP) is 4.69. The number of hydrogen-bond donors (Lipinski definition) is 0. The number of nitrogens with zero attached hydrogens (tertiary/aromatic N) is 3. The maximum absolute atomic E-state index is 14.1. The quantitative estimate of drug-likeness (QED) is 0.607. The zero-order valence-corrected chi connectivity index (χ0v) is 14.7. The molecule has 1 aromatic heterocycles. The van der Waals surface area contributed by atoms with Gasteiger partial charge in [0.05, 0.1) is 17.0 Å². The summed E-state index contributed by atoms with van der Waals surface area (Å²) in [5, 5.41) is 6.42. The van der Waals surface area contributed by atoms with Crippen molar-refractivity contribution in [3.63, 3.8) is 0 Å². The lowest BCUT2D eigenvalue weighted by Crippen LogP contribution is -2.15. The van der Waals surface area contributed by atoms with Crippen LogP contribution in [0, 0.1) is 11.6 Å². The van der Waals surface area contributed by atoms with Crippen LogP contribution in [0.2, 0.25) is 0 Å². The van der Waals surface area contributed by atoms with Crippen molar-refractivity contribution in [2.75, 3.05) is 6.54 Å². The smallest absolute Gasteiger partial charge is 0.206 e. The summed E-state index contributed by atoms with van der Waals surface area (Å²) in [6, 6.07) is 13.5.